The summed E-state index contributed by atoms with van der Waals surface area (Å²) in [5.41, 5.74) is 4.33. The number of aromatic nitrogens is 2. The molecule has 0 unspecified atom stereocenters. The van der Waals surface area contributed by atoms with E-state index in [0.717, 1.165) is 68.0 Å². The van der Waals surface area contributed by atoms with Crippen LogP contribution in [-0.2, 0) is 6.42 Å². The molecule has 2 aliphatic rings. The highest BCUT2D eigenvalue weighted by Gasteiger charge is 2.27. The van der Waals surface area contributed by atoms with Gasteiger partial charge in [-0.1, -0.05) is 24.3 Å². The van der Waals surface area contributed by atoms with Gasteiger partial charge in [0.2, 0.25) is 0 Å². The fourth-order valence-electron chi connectivity index (χ4n) is 3.75. The average Bonchev–Trinajstić information content (AvgIpc) is 2.80. The number of pyridine rings is 2. The second kappa shape index (κ2) is 10.0. The topological polar surface area (TPSA) is 53.7 Å². The van der Waals surface area contributed by atoms with Crippen molar-refractivity contribution in [1.82, 2.24) is 14.9 Å². The summed E-state index contributed by atoms with van der Waals surface area (Å²) in [4.78, 5) is 21.1. The molecule has 1 atom stereocenters. The number of rotatable bonds is 8. The van der Waals surface area contributed by atoms with Crippen LogP contribution in [0.15, 0.2) is 82.3 Å². The number of aliphatic imine (C=N–C) groups is 2. The van der Waals surface area contributed by atoms with Crippen molar-refractivity contribution in [1.29, 1.82) is 0 Å². The maximum Gasteiger partial charge on any atom is 0.0950 e. The van der Waals surface area contributed by atoms with E-state index in [2.05, 4.69) is 45.2 Å². The van der Waals surface area contributed by atoms with Crippen LogP contribution in [0.1, 0.15) is 43.1 Å². The average molecular weight is 386 g/mol. The molecule has 148 valence electrons. The minimum atomic E-state index is 0.00879. The minimum absolute atomic E-state index is 0.00879. The highest BCUT2D eigenvalue weighted by Crippen LogP contribution is 2.31. The SMILES string of the molecule is C1=NC(CN(CCc2ccccn2)[C@H](C2=CCCC=N2)c2ccccn2)=CCC1. The van der Waals surface area contributed by atoms with E-state index in [1.807, 2.05) is 43.0 Å². The third-order valence-electron chi connectivity index (χ3n) is 5.18. The Bertz CT molecular complexity index is 899. The maximum atomic E-state index is 4.76. The Morgan fingerprint density at radius 3 is 2.28 bits per heavy atom. The van der Waals surface area contributed by atoms with Gasteiger partial charge in [-0.3, -0.25) is 24.9 Å². The van der Waals surface area contributed by atoms with Gasteiger partial charge in [-0.25, -0.2) is 0 Å². The molecule has 0 aromatic carbocycles. The van der Waals surface area contributed by atoms with Gasteiger partial charge in [0.25, 0.3) is 0 Å². The summed E-state index contributed by atoms with van der Waals surface area (Å²) in [5, 5.41) is 0. The Labute approximate surface area is 172 Å². The van der Waals surface area contributed by atoms with Gasteiger partial charge in [-0.2, -0.15) is 0 Å². The highest BCUT2D eigenvalue weighted by molar-refractivity contribution is 5.61. The molecule has 0 amide bonds. The zero-order valence-electron chi connectivity index (χ0n) is 16.7. The van der Waals surface area contributed by atoms with Crippen molar-refractivity contribution >= 4 is 12.4 Å². The van der Waals surface area contributed by atoms with Gasteiger partial charge < -0.3 is 0 Å². The zero-order valence-corrected chi connectivity index (χ0v) is 16.7. The fraction of sp³-hybridized carbons (Fsp3) is 0.333. The van der Waals surface area contributed by atoms with Crippen LogP contribution >= 0.6 is 0 Å². The molecule has 0 N–H and O–H groups in total. The first kappa shape index (κ1) is 19.4. The lowest BCUT2D eigenvalue weighted by atomic mass is 10.0. The molecule has 4 heterocycles. The Morgan fingerprint density at radius 2 is 1.62 bits per heavy atom. The summed E-state index contributed by atoms with van der Waals surface area (Å²) in [7, 11) is 0. The van der Waals surface area contributed by atoms with Crippen LogP contribution < -0.4 is 0 Å². The van der Waals surface area contributed by atoms with Gasteiger partial charge in [0.1, 0.15) is 0 Å². The van der Waals surface area contributed by atoms with Crippen LogP contribution in [0.2, 0.25) is 0 Å². The number of allylic oxidation sites excluding steroid dienone is 2. The summed E-state index contributed by atoms with van der Waals surface area (Å²) >= 11 is 0. The van der Waals surface area contributed by atoms with Gasteiger partial charge in [0.15, 0.2) is 0 Å². The normalized spacial score (nSPS) is 17.1. The van der Waals surface area contributed by atoms with Crippen LogP contribution in [0.25, 0.3) is 0 Å². The Hall–Kier alpha value is -2.92. The first-order valence-corrected chi connectivity index (χ1v) is 10.4. The highest BCUT2D eigenvalue weighted by atomic mass is 15.2. The molecular weight excluding hydrogens is 358 g/mol. The van der Waals surface area contributed by atoms with E-state index >= 15 is 0 Å². The lowest BCUT2D eigenvalue weighted by molar-refractivity contribution is 0.237. The Balaban J connectivity index is 1.64. The molecule has 5 nitrogen and oxygen atoms in total. The molecule has 2 aliphatic heterocycles. The molecule has 0 bridgehead atoms. The van der Waals surface area contributed by atoms with Crippen molar-refractivity contribution < 1.29 is 0 Å². The van der Waals surface area contributed by atoms with E-state index in [1.54, 1.807) is 0 Å². The lowest BCUT2D eigenvalue weighted by Gasteiger charge is -2.32. The molecule has 0 fully saturated rings. The Kier molecular flexibility index (Phi) is 6.71. The zero-order chi connectivity index (χ0) is 19.7. The summed E-state index contributed by atoms with van der Waals surface area (Å²) in [6.07, 6.45) is 17.3. The molecule has 0 saturated carbocycles. The van der Waals surface area contributed by atoms with Crippen LogP contribution in [0, 0.1) is 0 Å². The second-order valence-electron chi connectivity index (χ2n) is 7.30. The van der Waals surface area contributed by atoms with Crippen molar-refractivity contribution in [2.75, 3.05) is 13.1 Å². The molecule has 5 heteroatoms. The van der Waals surface area contributed by atoms with Gasteiger partial charge >= 0.3 is 0 Å². The molecule has 2 aromatic heterocycles. The van der Waals surface area contributed by atoms with Gasteiger partial charge in [0.05, 0.1) is 23.1 Å². The van der Waals surface area contributed by atoms with Crippen molar-refractivity contribution in [2.45, 2.75) is 38.1 Å². The third kappa shape index (κ3) is 5.33. The molecule has 2 aromatic rings. The summed E-state index contributed by atoms with van der Waals surface area (Å²) in [6, 6.07) is 12.2. The van der Waals surface area contributed by atoms with E-state index in [9.17, 15) is 0 Å². The van der Waals surface area contributed by atoms with Gasteiger partial charge in [-0.15, -0.1) is 0 Å². The first-order chi connectivity index (χ1) is 14.4. The van der Waals surface area contributed by atoms with Gasteiger partial charge in [-0.05, 0) is 49.9 Å². The monoisotopic (exact) mass is 385 g/mol. The minimum Gasteiger partial charge on any atom is -0.284 e. The van der Waals surface area contributed by atoms with Gasteiger partial charge in [0, 0.05) is 50.0 Å². The van der Waals surface area contributed by atoms with E-state index < -0.39 is 0 Å². The van der Waals surface area contributed by atoms with Crippen molar-refractivity contribution in [3.05, 3.63) is 83.7 Å². The smallest absolute Gasteiger partial charge is 0.0950 e. The number of hydrogen-bond donors (Lipinski definition) is 0. The Morgan fingerprint density at radius 1 is 0.828 bits per heavy atom. The van der Waals surface area contributed by atoms with Crippen LogP contribution in [0.4, 0.5) is 0 Å². The van der Waals surface area contributed by atoms with Crippen molar-refractivity contribution in [3.8, 4) is 0 Å². The standard InChI is InChI=1S/C24H27N5/c1-5-14-25-20(9-1)13-18-29(19-21-10-2-6-15-26-21)24(22-11-3-7-16-27-22)23-12-4-8-17-28-23/h1,3,5,7,9-12,14-17,24H,2,4,6,8,13,18-19H2/t24-/m0/s1. The van der Waals surface area contributed by atoms with E-state index in [1.165, 1.54) is 0 Å². The van der Waals surface area contributed by atoms with E-state index in [-0.39, 0.29) is 6.04 Å². The molecule has 0 saturated heterocycles. The quantitative estimate of drug-likeness (QED) is 0.669. The van der Waals surface area contributed by atoms with Crippen LogP contribution in [0.5, 0.6) is 0 Å². The van der Waals surface area contributed by atoms with Crippen molar-refractivity contribution in [2.24, 2.45) is 9.98 Å². The maximum absolute atomic E-state index is 4.76. The summed E-state index contributed by atoms with van der Waals surface area (Å²) < 4.78 is 0. The summed E-state index contributed by atoms with van der Waals surface area (Å²) in [6.45, 7) is 1.63. The fourth-order valence-corrected chi connectivity index (χ4v) is 3.75. The molecule has 29 heavy (non-hydrogen) atoms. The predicted octanol–water partition coefficient (Wildman–Crippen LogP) is 4.56. The molecule has 0 aliphatic carbocycles. The molecule has 4 rings (SSSR count). The molecule has 0 spiro atoms. The number of hydrogen-bond acceptors (Lipinski definition) is 5. The lowest BCUT2D eigenvalue weighted by Crippen LogP contribution is -2.34. The number of nitrogens with zero attached hydrogens (tertiary/aromatic N) is 5. The second-order valence-corrected chi connectivity index (χ2v) is 7.30. The predicted molar refractivity (Wildman–Crippen MR) is 118 cm³/mol. The largest absolute Gasteiger partial charge is 0.284 e. The first-order valence-electron chi connectivity index (χ1n) is 10.4. The molecular formula is C24H27N5. The van der Waals surface area contributed by atoms with Crippen molar-refractivity contribution in [3.63, 3.8) is 0 Å². The van der Waals surface area contributed by atoms with Crippen LogP contribution in [-0.4, -0.2) is 40.4 Å². The molecule has 0 radical (unpaired) electrons. The third-order valence-corrected chi connectivity index (χ3v) is 5.18. The van der Waals surface area contributed by atoms with Crippen LogP contribution in [0.3, 0.4) is 0 Å². The van der Waals surface area contributed by atoms with E-state index in [0.29, 0.717) is 0 Å². The summed E-state index contributed by atoms with van der Waals surface area (Å²) in [5.74, 6) is 0. The van der Waals surface area contributed by atoms with E-state index in [4.69, 9.17) is 9.98 Å².